The molecule has 0 aliphatic carbocycles. The van der Waals surface area contributed by atoms with Gasteiger partial charge < -0.3 is 19.5 Å². The normalized spacial score (nSPS) is 10.3. The Morgan fingerprint density at radius 2 is 2.11 bits per heavy atom. The summed E-state index contributed by atoms with van der Waals surface area (Å²) in [5.74, 6) is 5.88. The van der Waals surface area contributed by atoms with Crippen LogP contribution in [0.4, 0.5) is 11.9 Å². The van der Waals surface area contributed by atoms with Crippen LogP contribution in [0.5, 0.6) is 6.01 Å². The van der Waals surface area contributed by atoms with E-state index in [1.54, 1.807) is 12.0 Å². The lowest BCUT2D eigenvalue weighted by molar-refractivity contribution is 0.202. The predicted molar refractivity (Wildman–Crippen MR) is 70.0 cm³/mol. The number of methoxy groups -OCH3 is 1. The predicted octanol–water partition coefficient (Wildman–Crippen LogP) is -0.999. The number of rotatable bonds is 9. The minimum atomic E-state index is -0.0231. The van der Waals surface area contributed by atoms with Gasteiger partial charge in [0.25, 0.3) is 0 Å². The summed E-state index contributed by atoms with van der Waals surface area (Å²) >= 11 is 0. The first-order valence-corrected chi connectivity index (χ1v) is 5.95. The van der Waals surface area contributed by atoms with E-state index < -0.39 is 0 Å². The summed E-state index contributed by atoms with van der Waals surface area (Å²) in [5.41, 5.74) is 2.36. The number of nitrogen functional groups attached to an aromatic ring is 1. The average Bonchev–Trinajstić information content (AvgIpc) is 2.43. The number of aliphatic hydroxyl groups is 1. The fourth-order valence-electron chi connectivity index (χ4n) is 1.38. The van der Waals surface area contributed by atoms with Crippen LogP contribution in [-0.2, 0) is 4.74 Å². The van der Waals surface area contributed by atoms with E-state index in [1.165, 1.54) is 0 Å². The molecule has 1 heterocycles. The van der Waals surface area contributed by atoms with Gasteiger partial charge in [-0.1, -0.05) is 0 Å². The van der Waals surface area contributed by atoms with E-state index in [9.17, 15) is 0 Å². The quantitative estimate of drug-likeness (QED) is 0.384. The first-order chi connectivity index (χ1) is 9.24. The summed E-state index contributed by atoms with van der Waals surface area (Å²) in [6.45, 7) is 3.65. The number of hydrazine groups is 1. The molecule has 0 saturated carbocycles. The van der Waals surface area contributed by atoms with Crippen LogP contribution in [0.2, 0.25) is 0 Å². The average molecular weight is 272 g/mol. The molecule has 108 valence electrons. The molecule has 0 aromatic carbocycles. The monoisotopic (exact) mass is 272 g/mol. The number of aliphatic hydroxyl groups excluding tert-OH is 1. The summed E-state index contributed by atoms with van der Waals surface area (Å²) in [7, 11) is 1.60. The molecule has 1 rings (SSSR count). The molecule has 0 fully saturated rings. The van der Waals surface area contributed by atoms with Gasteiger partial charge in [-0.05, 0) is 6.92 Å². The first-order valence-electron chi connectivity index (χ1n) is 5.95. The summed E-state index contributed by atoms with van der Waals surface area (Å²) in [4.78, 5) is 14.0. The van der Waals surface area contributed by atoms with Crippen molar-refractivity contribution >= 4 is 11.9 Å². The fraction of sp³-hybridized carbons (Fsp3) is 0.700. The number of hydrogen-bond acceptors (Lipinski definition) is 9. The highest BCUT2D eigenvalue weighted by atomic mass is 16.5. The Morgan fingerprint density at radius 3 is 2.68 bits per heavy atom. The first kappa shape index (κ1) is 15.3. The van der Waals surface area contributed by atoms with Crippen LogP contribution in [0.15, 0.2) is 0 Å². The zero-order valence-electron chi connectivity index (χ0n) is 11.2. The maximum atomic E-state index is 9.07. The Labute approximate surface area is 111 Å². The second kappa shape index (κ2) is 8.40. The van der Waals surface area contributed by atoms with E-state index in [-0.39, 0.29) is 18.6 Å². The second-order valence-corrected chi connectivity index (χ2v) is 3.52. The Morgan fingerprint density at radius 1 is 1.32 bits per heavy atom. The molecule has 19 heavy (non-hydrogen) atoms. The molecular weight excluding hydrogens is 252 g/mol. The molecule has 9 heteroatoms. The van der Waals surface area contributed by atoms with Crippen molar-refractivity contribution in [3.8, 4) is 6.01 Å². The maximum absolute atomic E-state index is 9.07. The van der Waals surface area contributed by atoms with Gasteiger partial charge in [-0.2, -0.15) is 15.0 Å². The van der Waals surface area contributed by atoms with Crippen molar-refractivity contribution in [2.75, 3.05) is 50.3 Å². The van der Waals surface area contributed by atoms with Gasteiger partial charge in [0, 0.05) is 20.2 Å². The molecule has 0 radical (unpaired) electrons. The van der Waals surface area contributed by atoms with E-state index in [1.807, 2.05) is 6.92 Å². The Hall–Kier alpha value is -1.71. The topological polar surface area (TPSA) is 119 Å². The Bertz CT molecular complexity index is 378. The second-order valence-electron chi connectivity index (χ2n) is 3.52. The van der Waals surface area contributed by atoms with E-state index in [2.05, 4.69) is 20.4 Å². The summed E-state index contributed by atoms with van der Waals surface area (Å²) in [5, 5.41) is 9.07. The van der Waals surface area contributed by atoms with Gasteiger partial charge in [0.2, 0.25) is 11.9 Å². The van der Waals surface area contributed by atoms with Gasteiger partial charge in [0.1, 0.15) is 0 Å². The lowest BCUT2D eigenvalue weighted by Crippen LogP contribution is -2.32. The fourth-order valence-corrected chi connectivity index (χ4v) is 1.38. The minimum Gasteiger partial charge on any atom is -0.464 e. The number of nitrogens with one attached hydrogen (secondary N) is 1. The van der Waals surface area contributed by atoms with Crippen LogP contribution in [0.25, 0.3) is 0 Å². The molecule has 4 N–H and O–H groups in total. The van der Waals surface area contributed by atoms with Gasteiger partial charge >= 0.3 is 6.01 Å². The van der Waals surface area contributed by atoms with Crippen LogP contribution in [0.1, 0.15) is 6.92 Å². The number of ether oxygens (including phenoxy) is 2. The number of nitrogens with zero attached hydrogens (tertiary/aromatic N) is 4. The summed E-state index contributed by atoms with van der Waals surface area (Å²) < 4.78 is 10.3. The number of nitrogens with two attached hydrogens (primary N) is 1. The third kappa shape index (κ3) is 4.81. The van der Waals surface area contributed by atoms with Crippen LogP contribution in [0, 0.1) is 0 Å². The van der Waals surface area contributed by atoms with Gasteiger partial charge in [-0.15, -0.1) is 0 Å². The van der Waals surface area contributed by atoms with Crippen molar-refractivity contribution in [1.82, 2.24) is 15.0 Å². The Balaban J connectivity index is 2.95. The standard InChI is InChI=1S/C10H20N6O3/c1-3-19-10-13-8(15-11)12-9(14-10)16(4-6-17)5-7-18-2/h17H,3-7,11H2,1-2H3,(H,12,13,14,15). The summed E-state index contributed by atoms with van der Waals surface area (Å²) in [6.07, 6.45) is 0. The molecule has 0 atom stereocenters. The molecule has 0 unspecified atom stereocenters. The van der Waals surface area contributed by atoms with Crippen LogP contribution in [-0.4, -0.2) is 60.1 Å². The molecular formula is C10H20N6O3. The van der Waals surface area contributed by atoms with Crippen molar-refractivity contribution in [2.24, 2.45) is 5.84 Å². The molecule has 9 nitrogen and oxygen atoms in total. The maximum Gasteiger partial charge on any atom is 0.323 e. The van der Waals surface area contributed by atoms with E-state index in [0.29, 0.717) is 32.3 Å². The lowest BCUT2D eigenvalue weighted by atomic mass is 10.5. The Kier molecular flexibility index (Phi) is 6.79. The number of anilines is 2. The molecule has 0 bridgehead atoms. The highest BCUT2D eigenvalue weighted by Crippen LogP contribution is 2.14. The van der Waals surface area contributed by atoms with Gasteiger partial charge in [0.05, 0.1) is 19.8 Å². The van der Waals surface area contributed by atoms with Crippen molar-refractivity contribution in [2.45, 2.75) is 6.92 Å². The zero-order valence-corrected chi connectivity index (χ0v) is 11.2. The van der Waals surface area contributed by atoms with E-state index >= 15 is 0 Å². The SMILES string of the molecule is CCOc1nc(NN)nc(N(CCO)CCOC)n1. The van der Waals surface area contributed by atoms with Crippen molar-refractivity contribution in [1.29, 1.82) is 0 Å². The van der Waals surface area contributed by atoms with Gasteiger partial charge in [0.15, 0.2) is 0 Å². The molecule has 1 aromatic rings. The lowest BCUT2D eigenvalue weighted by Gasteiger charge is -2.21. The summed E-state index contributed by atoms with van der Waals surface area (Å²) in [6, 6.07) is 0.181. The minimum absolute atomic E-state index is 0.0231. The highest BCUT2D eigenvalue weighted by molar-refractivity contribution is 5.37. The third-order valence-electron chi connectivity index (χ3n) is 2.22. The highest BCUT2D eigenvalue weighted by Gasteiger charge is 2.13. The number of hydrogen-bond donors (Lipinski definition) is 3. The molecule has 1 aromatic heterocycles. The van der Waals surface area contributed by atoms with Gasteiger partial charge in [-0.25, -0.2) is 5.84 Å². The van der Waals surface area contributed by atoms with Crippen molar-refractivity contribution < 1.29 is 14.6 Å². The van der Waals surface area contributed by atoms with Crippen LogP contribution >= 0.6 is 0 Å². The van der Waals surface area contributed by atoms with Gasteiger partial charge in [-0.3, -0.25) is 5.43 Å². The zero-order chi connectivity index (χ0) is 14.1. The van der Waals surface area contributed by atoms with Crippen molar-refractivity contribution in [3.05, 3.63) is 0 Å². The van der Waals surface area contributed by atoms with E-state index in [4.69, 9.17) is 20.4 Å². The van der Waals surface area contributed by atoms with Crippen LogP contribution in [0.3, 0.4) is 0 Å². The molecule has 0 amide bonds. The number of aromatic nitrogens is 3. The third-order valence-corrected chi connectivity index (χ3v) is 2.22. The van der Waals surface area contributed by atoms with Crippen molar-refractivity contribution in [3.63, 3.8) is 0 Å². The molecule has 0 spiro atoms. The van der Waals surface area contributed by atoms with Crippen LogP contribution < -0.4 is 20.9 Å². The largest absolute Gasteiger partial charge is 0.464 e. The molecule has 0 saturated heterocycles. The molecule has 0 aliphatic rings. The smallest absolute Gasteiger partial charge is 0.323 e. The molecule has 0 aliphatic heterocycles. The van der Waals surface area contributed by atoms with E-state index in [0.717, 1.165) is 0 Å².